The molecule has 1 saturated carbocycles. The van der Waals surface area contributed by atoms with E-state index in [4.69, 9.17) is 0 Å². The van der Waals surface area contributed by atoms with Gasteiger partial charge in [-0.05, 0) is 31.0 Å². The number of hydrogen-bond donors (Lipinski definition) is 1. The van der Waals surface area contributed by atoms with Crippen LogP contribution in [-0.2, 0) is 0 Å². The second-order valence-corrected chi connectivity index (χ2v) is 3.74. The molecule has 0 spiro atoms. The topological polar surface area (TPSA) is 42.7 Å². The van der Waals surface area contributed by atoms with Crippen LogP contribution in [0.25, 0.3) is 5.82 Å². The van der Waals surface area contributed by atoms with Gasteiger partial charge in [-0.3, -0.25) is 0 Å². The van der Waals surface area contributed by atoms with Crippen molar-refractivity contribution in [3.05, 3.63) is 36.8 Å². The number of hydrogen-bond acceptors (Lipinski definition) is 3. The van der Waals surface area contributed by atoms with Crippen molar-refractivity contribution < 1.29 is 0 Å². The van der Waals surface area contributed by atoms with Crippen LogP contribution in [0.3, 0.4) is 0 Å². The van der Waals surface area contributed by atoms with Crippen molar-refractivity contribution in [1.29, 1.82) is 0 Å². The Morgan fingerprint density at radius 2 is 2.20 bits per heavy atom. The van der Waals surface area contributed by atoms with E-state index in [-0.39, 0.29) is 0 Å². The van der Waals surface area contributed by atoms with E-state index in [2.05, 4.69) is 15.4 Å². The minimum atomic E-state index is 0.628. The lowest BCUT2D eigenvalue weighted by Crippen LogP contribution is -2.07. The lowest BCUT2D eigenvalue weighted by molar-refractivity contribution is 0.846. The van der Waals surface area contributed by atoms with Gasteiger partial charge in [-0.15, -0.1) is 0 Å². The summed E-state index contributed by atoms with van der Waals surface area (Å²) in [6.45, 7) is 0. The SMILES string of the molecule is c1cnc(-n2cccn2)c(NC2CC2)c1. The molecule has 4 nitrogen and oxygen atoms in total. The van der Waals surface area contributed by atoms with Gasteiger partial charge in [-0.25, -0.2) is 9.67 Å². The Morgan fingerprint density at radius 3 is 2.93 bits per heavy atom. The molecule has 3 rings (SSSR count). The van der Waals surface area contributed by atoms with Crippen LogP contribution in [0.15, 0.2) is 36.8 Å². The Balaban J connectivity index is 1.98. The summed E-state index contributed by atoms with van der Waals surface area (Å²) in [5.74, 6) is 0.870. The van der Waals surface area contributed by atoms with Gasteiger partial charge in [0.15, 0.2) is 5.82 Å². The fourth-order valence-corrected chi connectivity index (χ4v) is 1.53. The average molecular weight is 200 g/mol. The smallest absolute Gasteiger partial charge is 0.176 e. The van der Waals surface area contributed by atoms with E-state index in [0.717, 1.165) is 11.5 Å². The van der Waals surface area contributed by atoms with Crippen LogP contribution in [0.4, 0.5) is 5.69 Å². The van der Waals surface area contributed by atoms with Crippen LogP contribution in [0.5, 0.6) is 0 Å². The number of anilines is 1. The standard InChI is InChI=1S/C11H12N4/c1-3-10(14-9-4-5-9)11(12-6-1)15-8-2-7-13-15/h1-3,6-9,14H,4-5H2. The molecule has 0 amide bonds. The maximum absolute atomic E-state index is 4.34. The molecule has 2 heterocycles. The molecule has 1 aliphatic rings. The Hall–Kier alpha value is -1.84. The van der Waals surface area contributed by atoms with Crippen molar-refractivity contribution in [2.45, 2.75) is 18.9 Å². The third kappa shape index (κ3) is 1.70. The van der Waals surface area contributed by atoms with Gasteiger partial charge in [-0.1, -0.05) is 0 Å². The highest BCUT2D eigenvalue weighted by Crippen LogP contribution is 2.26. The van der Waals surface area contributed by atoms with Gasteiger partial charge in [0.05, 0.1) is 5.69 Å². The van der Waals surface area contributed by atoms with Crippen LogP contribution in [0, 0.1) is 0 Å². The van der Waals surface area contributed by atoms with Gasteiger partial charge in [0.25, 0.3) is 0 Å². The largest absolute Gasteiger partial charge is 0.379 e. The van der Waals surface area contributed by atoms with Crippen LogP contribution in [0.2, 0.25) is 0 Å². The molecule has 2 aromatic rings. The first-order chi connectivity index (χ1) is 7.43. The Kier molecular flexibility index (Phi) is 1.91. The van der Waals surface area contributed by atoms with Crippen molar-refractivity contribution in [2.24, 2.45) is 0 Å². The summed E-state index contributed by atoms with van der Waals surface area (Å²) in [4.78, 5) is 4.34. The van der Waals surface area contributed by atoms with Crippen molar-refractivity contribution >= 4 is 5.69 Å². The number of nitrogens with one attached hydrogen (secondary N) is 1. The minimum Gasteiger partial charge on any atom is -0.379 e. The number of nitrogens with zero attached hydrogens (tertiary/aromatic N) is 3. The first kappa shape index (κ1) is 8.47. The Bertz CT molecular complexity index is 445. The Morgan fingerprint density at radius 1 is 1.27 bits per heavy atom. The molecule has 0 saturated heterocycles. The molecule has 0 bridgehead atoms. The quantitative estimate of drug-likeness (QED) is 0.822. The highest BCUT2D eigenvalue weighted by atomic mass is 15.3. The van der Waals surface area contributed by atoms with Gasteiger partial charge >= 0.3 is 0 Å². The first-order valence-electron chi connectivity index (χ1n) is 5.15. The highest BCUT2D eigenvalue weighted by molar-refractivity contribution is 5.57. The highest BCUT2D eigenvalue weighted by Gasteiger charge is 2.22. The maximum atomic E-state index is 4.34. The number of rotatable bonds is 3. The molecule has 2 aromatic heterocycles. The molecule has 0 atom stereocenters. The predicted octanol–water partition coefficient (Wildman–Crippen LogP) is 1.84. The fourth-order valence-electron chi connectivity index (χ4n) is 1.53. The van der Waals surface area contributed by atoms with Crippen LogP contribution >= 0.6 is 0 Å². The van der Waals surface area contributed by atoms with Crippen LogP contribution in [-0.4, -0.2) is 20.8 Å². The lowest BCUT2D eigenvalue weighted by Gasteiger charge is -2.09. The molecule has 0 aromatic carbocycles. The molecule has 0 unspecified atom stereocenters. The zero-order valence-electron chi connectivity index (χ0n) is 8.30. The first-order valence-corrected chi connectivity index (χ1v) is 5.15. The Labute approximate surface area is 88.0 Å². The van der Waals surface area contributed by atoms with Crippen LogP contribution < -0.4 is 5.32 Å². The van der Waals surface area contributed by atoms with Crippen molar-refractivity contribution in [1.82, 2.24) is 14.8 Å². The van der Waals surface area contributed by atoms with E-state index in [9.17, 15) is 0 Å². The maximum Gasteiger partial charge on any atom is 0.176 e. The third-order valence-electron chi connectivity index (χ3n) is 2.45. The average Bonchev–Trinajstić information content (AvgIpc) is 2.93. The number of pyridine rings is 1. The minimum absolute atomic E-state index is 0.628. The summed E-state index contributed by atoms with van der Waals surface area (Å²) in [7, 11) is 0. The summed E-state index contributed by atoms with van der Waals surface area (Å²) >= 11 is 0. The fraction of sp³-hybridized carbons (Fsp3) is 0.273. The molecule has 4 heteroatoms. The summed E-state index contributed by atoms with van der Waals surface area (Å²) in [5, 5.41) is 7.64. The molecular weight excluding hydrogens is 188 g/mol. The molecule has 1 N–H and O–H groups in total. The van der Waals surface area contributed by atoms with Crippen molar-refractivity contribution in [3.8, 4) is 5.82 Å². The third-order valence-corrected chi connectivity index (χ3v) is 2.45. The van der Waals surface area contributed by atoms with Gasteiger partial charge in [-0.2, -0.15) is 5.10 Å². The second kappa shape index (κ2) is 3.38. The summed E-state index contributed by atoms with van der Waals surface area (Å²) in [5.41, 5.74) is 1.06. The molecule has 15 heavy (non-hydrogen) atoms. The van der Waals surface area contributed by atoms with Crippen molar-refractivity contribution in [3.63, 3.8) is 0 Å². The zero-order valence-corrected chi connectivity index (χ0v) is 8.30. The lowest BCUT2D eigenvalue weighted by atomic mass is 10.3. The van der Waals surface area contributed by atoms with E-state index in [1.807, 2.05) is 24.4 Å². The predicted molar refractivity (Wildman–Crippen MR) is 58.0 cm³/mol. The van der Waals surface area contributed by atoms with Gasteiger partial charge in [0, 0.05) is 24.6 Å². The molecule has 0 radical (unpaired) electrons. The molecule has 76 valence electrons. The summed E-state index contributed by atoms with van der Waals surface area (Å²) < 4.78 is 1.78. The molecular formula is C11H12N4. The molecule has 0 aliphatic heterocycles. The molecule has 1 fully saturated rings. The van der Waals surface area contributed by atoms with Gasteiger partial charge in [0.1, 0.15) is 0 Å². The van der Waals surface area contributed by atoms with E-state index < -0.39 is 0 Å². The monoisotopic (exact) mass is 200 g/mol. The summed E-state index contributed by atoms with van der Waals surface area (Å²) in [6.07, 6.45) is 7.96. The van der Waals surface area contributed by atoms with Gasteiger partial charge in [0.2, 0.25) is 0 Å². The van der Waals surface area contributed by atoms with E-state index in [0.29, 0.717) is 6.04 Å². The zero-order chi connectivity index (χ0) is 10.1. The molecule has 1 aliphatic carbocycles. The van der Waals surface area contributed by atoms with Crippen LogP contribution in [0.1, 0.15) is 12.8 Å². The summed E-state index contributed by atoms with van der Waals surface area (Å²) in [6, 6.07) is 6.51. The van der Waals surface area contributed by atoms with E-state index in [1.165, 1.54) is 12.8 Å². The van der Waals surface area contributed by atoms with Gasteiger partial charge < -0.3 is 5.32 Å². The van der Waals surface area contributed by atoms with Crippen molar-refractivity contribution in [2.75, 3.05) is 5.32 Å². The van der Waals surface area contributed by atoms with E-state index in [1.54, 1.807) is 17.1 Å². The number of aromatic nitrogens is 3. The second-order valence-electron chi connectivity index (χ2n) is 3.74. The van der Waals surface area contributed by atoms with E-state index >= 15 is 0 Å². The normalized spacial score (nSPS) is 15.2.